The van der Waals surface area contributed by atoms with Crippen LogP contribution in [0.2, 0.25) is 0 Å². The number of amides is 1. The SMILES string of the molecule is CC1CN(C(=O)CC(C)C2CCCNC2)CCS1. The number of hydrogen-bond donors (Lipinski definition) is 1. The summed E-state index contributed by atoms with van der Waals surface area (Å²) in [7, 11) is 0. The lowest BCUT2D eigenvalue weighted by atomic mass is 9.85. The third kappa shape index (κ3) is 3.89. The van der Waals surface area contributed by atoms with Crippen molar-refractivity contribution < 1.29 is 4.79 Å². The number of thioether (sulfide) groups is 1. The quantitative estimate of drug-likeness (QED) is 0.851. The van der Waals surface area contributed by atoms with E-state index in [1.54, 1.807) is 0 Å². The Hall–Kier alpha value is -0.220. The fourth-order valence-corrected chi connectivity index (χ4v) is 3.99. The smallest absolute Gasteiger partial charge is 0.222 e. The number of carbonyl (C=O) groups excluding carboxylic acids is 1. The van der Waals surface area contributed by atoms with Crippen molar-refractivity contribution in [2.45, 2.75) is 38.4 Å². The molecule has 1 N–H and O–H groups in total. The summed E-state index contributed by atoms with van der Waals surface area (Å²) in [6, 6.07) is 0. The van der Waals surface area contributed by atoms with Crippen LogP contribution in [0.15, 0.2) is 0 Å². The maximum absolute atomic E-state index is 12.3. The van der Waals surface area contributed by atoms with Gasteiger partial charge in [0.25, 0.3) is 0 Å². The Balaban J connectivity index is 1.78. The Bertz CT molecular complexity index is 279. The van der Waals surface area contributed by atoms with E-state index in [4.69, 9.17) is 0 Å². The van der Waals surface area contributed by atoms with Gasteiger partial charge < -0.3 is 10.2 Å². The van der Waals surface area contributed by atoms with Crippen molar-refractivity contribution in [3.05, 3.63) is 0 Å². The van der Waals surface area contributed by atoms with Gasteiger partial charge in [0.1, 0.15) is 0 Å². The van der Waals surface area contributed by atoms with E-state index in [-0.39, 0.29) is 0 Å². The zero-order valence-corrected chi connectivity index (χ0v) is 12.5. The lowest BCUT2D eigenvalue weighted by Gasteiger charge is -2.33. The van der Waals surface area contributed by atoms with Crippen LogP contribution in [0.3, 0.4) is 0 Å². The van der Waals surface area contributed by atoms with Crippen molar-refractivity contribution in [1.29, 1.82) is 0 Å². The summed E-state index contributed by atoms with van der Waals surface area (Å²) in [4.78, 5) is 14.4. The first-order chi connectivity index (χ1) is 8.66. The molecule has 0 saturated carbocycles. The van der Waals surface area contributed by atoms with Crippen LogP contribution in [0.4, 0.5) is 0 Å². The Kier molecular flexibility index (Phi) is 5.37. The Morgan fingerprint density at radius 3 is 3.06 bits per heavy atom. The van der Waals surface area contributed by atoms with Crippen LogP contribution in [-0.4, -0.2) is 48.0 Å². The highest BCUT2D eigenvalue weighted by Gasteiger charge is 2.26. The summed E-state index contributed by atoms with van der Waals surface area (Å²) in [5.74, 6) is 2.70. The first kappa shape index (κ1) is 14.2. The van der Waals surface area contributed by atoms with E-state index in [0.717, 1.165) is 38.4 Å². The molecule has 2 heterocycles. The van der Waals surface area contributed by atoms with Crippen molar-refractivity contribution in [3.63, 3.8) is 0 Å². The highest BCUT2D eigenvalue weighted by atomic mass is 32.2. The number of piperidine rings is 1. The molecule has 104 valence electrons. The Morgan fingerprint density at radius 1 is 1.56 bits per heavy atom. The second kappa shape index (κ2) is 6.80. The van der Waals surface area contributed by atoms with Gasteiger partial charge in [0, 0.05) is 30.5 Å². The summed E-state index contributed by atoms with van der Waals surface area (Å²) in [6.45, 7) is 8.61. The lowest BCUT2D eigenvalue weighted by Crippen LogP contribution is -2.42. The molecule has 3 atom stereocenters. The summed E-state index contributed by atoms with van der Waals surface area (Å²) >= 11 is 1.98. The average Bonchev–Trinajstić information content (AvgIpc) is 2.39. The van der Waals surface area contributed by atoms with Gasteiger partial charge in [0.15, 0.2) is 0 Å². The number of hydrogen-bond acceptors (Lipinski definition) is 3. The lowest BCUT2D eigenvalue weighted by molar-refractivity contribution is -0.132. The van der Waals surface area contributed by atoms with Crippen LogP contribution in [-0.2, 0) is 4.79 Å². The van der Waals surface area contributed by atoms with Crippen LogP contribution in [0.25, 0.3) is 0 Å². The minimum Gasteiger partial charge on any atom is -0.341 e. The van der Waals surface area contributed by atoms with Gasteiger partial charge in [0.2, 0.25) is 5.91 Å². The highest BCUT2D eigenvalue weighted by Crippen LogP contribution is 2.25. The molecule has 18 heavy (non-hydrogen) atoms. The van der Waals surface area contributed by atoms with Crippen LogP contribution >= 0.6 is 11.8 Å². The summed E-state index contributed by atoms with van der Waals surface area (Å²) < 4.78 is 0. The van der Waals surface area contributed by atoms with E-state index in [2.05, 4.69) is 24.1 Å². The molecule has 0 spiro atoms. The molecule has 2 saturated heterocycles. The molecule has 2 rings (SSSR count). The summed E-state index contributed by atoms with van der Waals surface area (Å²) in [5, 5.41) is 4.05. The zero-order valence-electron chi connectivity index (χ0n) is 11.7. The summed E-state index contributed by atoms with van der Waals surface area (Å²) in [6.07, 6.45) is 3.29. The fraction of sp³-hybridized carbons (Fsp3) is 0.929. The van der Waals surface area contributed by atoms with Crippen molar-refractivity contribution in [3.8, 4) is 0 Å². The van der Waals surface area contributed by atoms with E-state index >= 15 is 0 Å². The van der Waals surface area contributed by atoms with Gasteiger partial charge in [-0.05, 0) is 37.8 Å². The maximum Gasteiger partial charge on any atom is 0.222 e. The van der Waals surface area contributed by atoms with Crippen LogP contribution in [0, 0.1) is 11.8 Å². The molecule has 0 radical (unpaired) electrons. The minimum absolute atomic E-state index is 0.375. The molecule has 2 fully saturated rings. The molecule has 2 aliphatic rings. The number of nitrogens with one attached hydrogen (secondary N) is 1. The van der Waals surface area contributed by atoms with E-state index in [0.29, 0.717) is 23.0 Å². The average molecular weight is 270 g/mol. The predicted molar refractivity (Wildman–Crippen MR) is 77.9 cm³/mol. The van der Waals surface area contributed by atoms with Crippen molar-refractivity contribution in [1.82, 2.24) is 10.2 Å². The fourth-order valence-electron chi connectivity index (χ4n) is 2.98. The third-order valence-corrected chi connectivity index (χ3v) is 5.37. The van der Waals surface area contributed by atoms with Gasteiger partial charge in [-0.25, -0.2) is 0 Å². The number of rotatable bonds is 3. The normalized spacial score (nSPS) is 31.1. The molecule has 0 aromatic carbocycles. The third-order valence-electron chi connectivity index (χ3n) is 4.23. The molecular weight excluding hydrogens is 244 g/mol. The van der Waals surface area contributed by atoms with Gasteiger partial charge in [-0.2, -0.15) is 11.8 Å². The molecule has 0 aliphatic carbocycles. The van der Waals surface area contributed by atoms with E-state index in [9.17, 15) is 4.79 Å². The maximum atomic E-state index is 12.3. The van der Waals surface area contributed by atoms with Crippen LogP contribution in [0.5, 0.6) is 0 Å². The minimum atomic E-state index is 0.375. The molecule has 4 heteroatoms. The van der Waals surface area contributed by atoms with Crippen LogP contribution in [0.1, 0.15) is 33.1 Å². The van der Waals surface area contributed by atoms with Crippen molar-refractivity contribution >= 4 is 17.7 Å². The standard InChI is InChI=1S/C14H26N2OS/c1-11(13-4-3-5-15-9-13)8-14(17)16-6-7-18-12(2)10-16/h11-13,15H,3-10H2,1-2H3. The monoisotopic (exact) mass is 270 g/mol. The molecule has 2 aliphatic heterocycles. The van der Waals surface area contributed by atoms with E-state index in [1.165, 1.54) is 12.8 Å². The second-order valence-corrected chi connectivity index (χ2v) is 7.36. The highest BCUT2D eigenvalue weighted by molar-refractivity contribution is 7.99. The van der Waals surface area contributed by atoms with Gasteiger partial charge >= 0.3 is 0 Å². The Labute approximate surface area is 115 Å². The van der Waals surface area contributed by atoms with Crippen molar-refractivity contribution in [2.24, 2.45) is 11.8 Å². The van der Waals surface area contributed by atoms with Gasteiger partial charge in [-0.3, -0.25) is 4.79 Å². The molecule has 3 unspecified atom stereocenters. The molecular formula is C14H26N2OS. The van der Waals surface area contributed by atoms with Gasteiger partial charge in [-0.15, -0.1) is 0 Å². The van der Waals surface area contributed by atoms with E-state index < -0.39 is 0 Å². The number of nitrogens with zero attached hydrogens (tertiary/aromatic N) is 1. The van der Waals surface area contributed by atoms with Gasteiger partial charge in [0.05, 0.1) is 0 Å². The van der Waals surface area contributed by atoms with Crippen molar-refractivity contribution in [2.75, 3.05) is 31.9 Å². The number of carbonyl (C=O) groups is 1. The van der Waals surface area contributed by atoms with Crippen LogP contribution < -0.4 is 5.32 Å². The van der Waals surface area contributed by atoms with Gasteiger partial charge in [-0.1, -0.05) is 13.8 Å². The first-order valence-electron chi connectivity index (χ1n) is 7.27. The Morgan fingerprint density at radius 2 is 2.39 bits per heavy atom. The summed E-state index contributed by atoms with van der Waals surface area (Å²) in [5.41, 5.74) is 0. The molecule has 0 aromatic rings. The van der Waals surface area contributed by atoms with E-state index in [1.807, 2.05) is 11.8 Å². The molecule has 3 nitrogen and oxygen atoms in total. The first-order valence-corrected chi connectivity index (χ1v) is 8.32. The zero-order chi connectivity index (χ0) is 13.0. The topological polar surface area (TPSA) is 32.3 Å². The predicted octanol–water partition coefficient (Wildman–Crippen LogP) is 1.98. The molecule has 0 bridgehead atoms. The molecule has 1 amide bonds. The second-order valence-electron chi connectivity index (χ2n) is 5.81. The molecule has 0 aromatic heterocycles. The largest absolute Gasteiger partial charge is 0.341 e.